The van der Waals surface area contributed by atoms with Crippen LogP contribution in [-0.2, 0) is 16.0 Å². The molecule has 0 bridgehead atoms. The topological polar surface area (TPSA) is 85.2 Å². The molecular formula is C26H29FN4O3. The molecule has 1 aliphatic heterocycles. The van der Waals surface area contributed by atoms with Crippen LogP contribution in [0.3, 0.4) is 0 Å². The Morgan fingerprint density at radius 2 is 2.09 bits per heavy atom. The number of amides is 2. The van der Waals surface area contributed by atoms with E-state index in [9.17, 15) is 14.0 Å². The van der Waals surface area contributed by atoms with Gasteiger partial charge >= 0.3 is 0 Å². The molecule has 1 aliphatic rings. The maximum Gasteiger partial charge on any atom is 0.220 e. The van der Waals surface area contributed by atoms with Crippen molar-refractivity contribution in [1.82, 2.24) is 20.4 Å². The number of para-hydroxylation sites is 1. The third kappa shape index (κ3) is 5.44. The maximum absolute atomic E-state index is 13.8. The highest BCUT2D eigenvalue weighted by molar-refractivity contribution is 5.80. The molecule has 0 radical (unpaired) electrons. The second kappa shape index (κ2) is 10.1. The highest BCUT2D eigenvalue weighted by Gasteiger charge is 2.38. The Hall–Kier alpha value is -3.68. The minimum Gasteiger partial charge on any atom is -0.494 e. The van der Waals surface area contributed by atoms with Crippen LogP contribution >= 0.6 is 0 Å². The van der Waals surface area contributed by atoms with Gasteiger partial charge in [-0.05, 0) is 56.0 Å². The Morgan fingerprint density at radius 1 is 1.29 bits per heavy atom. The second-order valence-corrected chi connectivity index (χ2v) is 8.82. The second-order valence-electron chi connectivity index (χ2n) is 8.82. The molecule has 34 heavy (non-hydrogen) atoms. The lowest BCUT2D eigenvalue weighted by molar-refractivity contribution is -0.123. The van der Waals surface area contributed by atoms with Gasteiger partial charge in [-0.15, -0.1) is 0 Å². The first-order valence-corrected chi connectivity index (χ1v) is 11.4. The van der Waals surface area contributed by atoms with Crippen molar-refractivity contribution in [3.8, 4) is 11.4 Å². The lowest BCUT2D eigenvalue weighted by Gasteiger charge is -2.29. The molecule has 0 aliphatic carbocycles. The number of aromatic nitrogens is 2. The third-order valence-corrected chi connectivity index (χ3v) is 6.32. The van der Waals surface area contributed by atoms with Gasteiger partial charge in [0.2, 0.25) is 11.8 Å². The lowest BCUT2D eigenvalue weighted by atomic mass is 9.85. The van der Waals surface area contributed by atoms with Gasteiger partial charge in [-0.3, -0.25) is 9.59 Å². The Morgan fingerprint density at radius 3 is 2.79 bits per heavy atom. The van der Waals surface area contributed by atoms with Crippen LogP contribution in [0.1, 0.15) is 49.8 Å². The number of carbonyl (C=O) groups excluding carboxylic acids is 2. The highest BCUT2D eigenvalue weighted by Crippen LogP contribution is 2.31. The molecule has 3 aromatic rings. The number of hydrogen-bond donors (Lipinski definition) is 2. The molecule has 4 rings (SSSR count). The summed E-state index contributed by atoms with van der Waals surface area (Å²) in [6.07, 6.45) is 5.94. The van der Waals surface area contributed by atoms with E-state index in [0.29, 0.717) is 25.7 Å². The number of carbonyl (C=O) groups is 2. The summed E-state index contributed by atoms with van der Waals surface area (Å²) < 4.78 is 20.7. The first kappa shape index (κ1) is 23.5. The quantitative estimate of drug-likeness (QED) is 0.504. The fourth-order valence-corrected chi connectivity index (χ4v) is 4.42. The van der Waals surface area contributed by atoms with E-state index in [1.165, 1.54) is 13.2 Å². The molecule has 0 saturated carbocycles. The fourth-order valence-electron chi connectivity index (χ4n) is 4.42. The summed E-state index contributed by atoms with van der Waals surface area (Å²) in [6.45, 7) is 1.92. The first-order valence-electron chi connectivity index (χ1n) is 11.4. The van der Waals surface area contributed by atoms with Crippen molar-refractivity contribution in [2.45, 2.75) is 50.6 Å². The summed E-state index contributed by atoms with van der Waals surface area (Å²) in [4.78, 5) is 24.8. The average molecular weight is 465 g/mol. The first-order chi connectivity index (χ1) is 16.4. The Kier molecular flexibility index (Phi) is 6.95. The van der Waals surface area contributed by atoms with Gasteiger partial charge in [0.15, 0.2) is 11.6 Å². The standard InChI is InChI=1S/C26H29FN4O3/c1-18(20-16-28-31(17-20)21-6-4-3-5-7-21)29-24(32)10-12-26(13-11-25(33)30-26)15-19-8-9-22(27)23(14-19)34-2/h3-9,14,16-18H,10-13,15H2,1-2H3,(H,29,32)(H,30,33). The van der Waals surface area contributed by atoms with E-state index in [-0.39, 0.29) is 30.0 Å². The monoisotopic (exact) mass is 464 g/mol. The highest BCUT2D eigenvalue weighted by atomic mass is 19.1. The largest absolute Gasteiger partial charge is 0.494 e. The summed E-state index contributed by atoms with van der Waals surface area (Å²) in [6, 6.07) is 14.3. The molecule has 2 heterocycles. The number of ether oxygens (including phenoxy) is 1. The predicted molar refractivity (Wildman–Crippen MR) is 126 cm³/mol. The fraction of sp³-hybridized carbons (Fsp3) is 0.346. The zero-order valence-corrected chi connectivity index (χ0v) is 19.4. The zero-order valence-electron chi connectivity index (χ0n) is 19.4. The van der Waals surface area contributed by atoms with Gasteiger partial charge in [0.25, 0.3) is 0 Å². The molecule has 1 saturated heterocycles. The van der Waals surface area contributed by atoms with Crippen molar-refractivity contribution in [2.24, 2.45) is 0 Å². The number of rotatable bonds is 9. The zero-order chi connectivity index (χ0) is 24.1. The summed E-state index contributed by atoms with van der Waals surface area (Å²) in [5.74, 6) is -0.396. The van der Waals surface area contributed by atoms with Crippen molar-refractivity contribution in [3.05, 3.63) is 77.9 Å². The van der Waals surface area contributed by atoms with Gasteiger partial charge in [-0.2, -0.15) is 5.10 Å². The molecule has 2 atom stereocenters. The van der Waals surface area contributed by atoms with E-state index in [0.717, 1.165) is 16.8 Å². The van der Waals surface area contributed by atoms with Crippen LogP contribution in [0, 0.1) is 5.82 Å². The molecule has 8 heteroatoms. The van der Waals surface area contributed by atoms with Crippen LogP contribution < -0.4 is 15.4 Å². The predicted octanol–water partition coefficient (Wildman–Crippen LogP) is 3.87. The molecule has 1 aromatic heterocycles. The molecule has 2 aromatic carbocycles. The Bertz CT molecular complexity index is 1160. The van der Waals surface area contributed by atoms with Crippen LogP contribution in [0.5, 0.6) is 5.75 Å². The van der Waals surface area contributed by atoms with Gasteiger partial charge in [0, 0.05) is 30.1 Å². The van der Waals surface area contributed by atoms with Gasteiger partial charge in [0.05, 0.1) is 25.0 Å². The van der Waals surface area contributed by atoms with E-state index >= 15 is 0 Å². The van der Waals surface area contributed by atoms with Crippen LogP contribution in [-0.4, -0.2) is 34.2 Å². The molecule has 7 nitrogen and oxygen atoms in total. The summed E-state index contributed by atoms with van der Waals surface area (Å²) in [5, 5.41) is 10.5. The number of halogens is 1. The molecular weight excluding hydrogens is 435 g/mol. The number of nitrogens with one attached hydrogen (secondary N) is 2. The lowest BCUT2D eigenvalue weighted by Crippen LogP contribution is -2.44. The van der Waals surface area contributed by atoms with Crippen LogP contribution in [0.4, 0.5) is 4.39 Å². The Labute approximate surface area is 198 Å². The van der Waals surface area contributed by atoms with Crippen LogP contribution in [0.15, 0.2) is 60.9 Å². The molecule has 2 unspecified atom stereocenters. The third-order valence-electron chi connectivity index (χ3n) is 6.32. The molecule has 2 amide bonds. The Balaban J connectivity index is 1.38. The molecule has 0 spiro atoms. The normalized spacial score (nSPS) is 18.4. The molecule has 2 N–H and O–H groups in total. The number of methoxy groups -OCH3 is 1. The SMILES string of the molecule is COc1cc(CC2(CCC(=O)NC(C)c3cnn(-c4ccccc4)c3)CCC(=O)N2)ccc1F. The van der Waals surface area contributed by atoms with Crippen molar-refractivity contribution < 1.29 is 18.7 Å². The van der Waals surface area contributed by atoms with E-state index in [1.807, 2.05) is 43.5 Å². The van der Waals surface area contributed by atoms with E-state index < -0.39 is 11.4 Å². The summed E-state index contributed by atoms with van der Waals surface area (Å²) in [5.41, 5.74) is 2.16. The van der Waals surface area contributed by atoms with Crippen LogP contribution in [0.2, 0.25) is 0 Å². The van der Waals surface area contributed by atoms with E-state index in [4.69, 9.17) is 4.74 Å². The number of hydrogen-bond acceptors (Lipinski definition) is 4. The minimum atomic E-state index is -0.543. The van der Waals surface area contributed by atoms with Gasteiger partial charge in [-0.1, -0.05) is 24.3 Å². The number of benzene rings is 2. The van der Waals surface area contributed by atoms with Crippen molar-refractivity contribution in [2.75, 3.05) is 7.11 Å². The van der Waals surface area contributed by atoms with Crippen molar-refractivity contribution in [3.63, 3.8) is 0 Å². The van der Waals surface area contributed by atoms with Gasteiger partial charge < -0.3 is 15.4 Å². The van der Waals surface area contributed by atoms with Crippen molar-refractivity contribution >= 4 is 11.8 Å². The molecule has 1 fully saturated rings. The smallest absolute Gasteiger partial charge is 0.220 e. The van der Waals surface area contributed by atoms with E-state index in [1.54, 1.807) is 23.0 Å². The molecule has 178 valence electrons. The summed E-state index contributed by atoms with van der Waals surface area (Å²) >= 11 is 0. The summed E-state index contributed by atoms with van der Waals surface area (Å²) in [7, 11) is 1.42. The minimum absolute atomic E-state index is 0.0313. The van der Waals surface area contributed by atoms with Gasteiger partial charge in [0.1, 0.15) is 0 Å². The van der Waals surface area contributed by atoms with Crippen molar-refractivity contribution in [1.29, 1.82) is 0 Å². The van der Waals surface area contributed by atoms with E-state index in [2.05, 4.69) is 15.7 Å². The average Bonchev–Trinajstić information content (AvgIpc) is 3.47. The van der Waals surface area contributed by atoms with Gasteiger partial charge in [-0.25, -0.2) is 9.07 Å². The number of nitrogens with zero attached hydrogens (tertiary/aromatic N) is 2. The maximum atomic E-state index is 13.8. The van der Waals surface area contributed by atoms with Crippen LogP contribution in [0.25, 0.3) is 5.69 Å².